The molecule has 1 aliphatic rings. The van der Waals surface area contributed by atoms with Gasteiger partial charge in [-0.3, -0.25) is 9.78 Å². The van der Waals surface area contributed by atoms with Crippen molar-refractivity contribution >= 4 is 17.4 Å². The first-order valence-electron chi connectivity index (χ1n) is 10.3. The van der Waals surface area contributed by atoms with Crippen LogP contribution in [0.15, 0.2) is 36.9 Å². The monoisotopic (exact) mass is 466 g/mol. The van der Waals surface area contributed by atoms with Crippen molar-refractivity contribution in [1.29, 1.82) is 0 Å². The van der Waals surface area contributed by atoms with Gasteiger partial charge in [0.05, 0.1) is 30.6 Å². The minimum atomic E-state index is -4.60. The zero-order chi connectivity index (χ0) is 24.0. The predicted octanol–water partition coefficient (Wildman–Crippen LogP) is 3.04. The second kappa shape index (κ2) is 8.25. The van der Waals surface area contributed by atoms with Crippen LogP contribution in [0.3, 0.4) is 0 Å². The van der Waals surface area contributed by atoms with Gasteiger partial charge in [0.15, 0.2) is 5.65 Å². The van der Waals surface area contributed by atoms with E-state index in [0.717, 1.165) is 19.3 Å². The van der Waals surface area contributed by atoms with Crippen LogP contribution in [-0.4, -0.2) is 55.0 Å². The lowest BCUT2D eigenvalue weighted by atomic mass is 10.0. The summed E-state index contributed by atoms with van der Waals surface area (Å²) >= 11 is 0. The van der Waals surface area contributed by atoms with Gasteiger partial charge in [-0.1, -0.05) is 0 Å². The number of hydrogen-bond donors (Lipinski definition) is 2. The Morgan fingerprint density at radius 3 is 2.79 bits per heavy atom. The molecule has 3 aromatic heterocycles. The first kappa shape index (κ1) is 22.9. The highest BCUT2D eigenvalue weighted by molar-refractivity contribution is 6.00. The number of aliphatic hydroxyl groups excluding tert-OH is 1. The molecule has 3 aromatic rings. The topological polar surface area (TPSA) is 95.7 Å². The summed E-state index contributed by atoms with van der Waals surface area (Å²) in [5.74, 6) is -1.09. The number of nitrogens with zero attached hydrogens (tertiary/aromatic N) is 5. The Bertz CT molecular complexity index is 1180. The van der Waals surface area contributed by atoms with Crippen molar-refractivity contribution in [3.05, 3.63) is 53.9 Å². The van der Waals surface area contributed by atoms with E-state index in [1.54, 1.807) is 12.3 Å². The maximum absolute atomic E-state index is 13.8. The Balaban J connectivity index is 1.74. The minimum Gasteiger partial charge on any atom is -0.394 e. The predicted molar refractivity (Wildman–Crippen MR) is 110 cm³/mol. The number of carbonyl (C=O) groups is 1. The Morgan fingerprint density at radius 1 is 1.36 bits per heavy atom. The van der Waals surface area contributed by atoms with Crippen LogP contribution < -0.4 is 10.2 Å². The van der Waals surface area contributed by atoms with Gasteiger partial charge < -0.3 is 15.3 Å². The molecule has 0 aliphatic carbocycles. The standard InChI is InChI=1S/C21H22F4N6O2/c1-12(21(23,24)25)28-19(33)15-10-27-30-6-4-17(29-18(15)30)31-16(3-5-20(31,2)11-32)13-7-14(22)9-26-8-13/h4,6-10,12,16,32H,3,5,11H2,1-2H3,(H,28,33). The summed E-state index contributed by atoms with van der Waals surface area (Å²) < 4.78 is 53.8. The van der Waals surface area contributed by atoms with Crippen LogP contribution >= 0.6 is 0 Å². The highest BCUT2D eigenvalue weighted by Crippen LogP contribution is 2.45. The number of carbonyl (C=O) groups excluding carboxylic acids is 1. The number of amides is 1. The zero-order valence-electron chi connectivity index (χ0n) is 17.8. The summed E-state index contributed by atoms with van der Waals surface area (Å²) in [6.45, 7) is 2.46. The van der Waals surface area contributed by atoms with E-state index in [4.69, 9.17) is 0 Å². The number of aromatic nitrogens is 4. The van der Waals surface area contributed by atoms with Crippen LogP contribution in [0.4, 0.5) is 23.4 Å². The number of rotatable bonds is 5. The van der Waals surface area contributed by atoms with Gasteiger partial charge in [0.1, 0.15) is 23.2 Å². The zero-order valence-corrected chi connectivity index (χ0v) is 17.8. The van der Waals surface area contributed by atoms with Gasteiger partial charge in [0.25, 0.3) is 5.91 Å². The molecule has 1 saturated heterocycles. The third-order valence-corrected chi connectivity index (χ3v) is 5.99. The van der Waals surface area contributed by atoms with Gasteiger partial charge in [-0.05, 0) is 44.4 Å². The minimum absolute atomic E-state index is 0.0580. The molecule has 1 aliphatic heterocycles. The first-order chi connectivity index (χ1) is 15.5. The molecule has 3 unspecified atom stereocenters. The number of anilines is 1. The van der Waals surface area contributed by atoms with E-state index in [1.165, 1.54) is 16.8 Å². The summed E-state index contributed by atoms with van der Waals surface area (Å²) in [6, 6.07) is 0.580. The van der Waals surface area contributed by atoms with E-state index in [2.05, 4.69) is 15.1 Å². The number of alkyl halides is 3. The van der Waals surface area contributed by atoms with Gasteiger partial charge in [0.2, 0.25) is 0 Å². The molecule has 0 spiro atoms. The van der Waals surface area contributed by atoms with E-state index in [1.807, 2.05) is 17.1 Å². The summed E-state index contributed by atoms with van der Waals surface area (Å²) in [5.41, 5.74) is -0.209. The van der Waals surface area contributed by atoms with Crippen LogP contribution in [0, 0.1) is 5.82 Å². The molecular formula is C21H22F4N6O2. The molecule has 33 heavy (non-hydrogen) atoms. The summed E-state index contributed by atoms with van der Waals surface area (Å²) in [5, 5.41) is 16.0. The maximum Gasteiger partial charge on any atom is 0.408 e. The molecule has 12 heteroatoms. The number of nitrogens with one attached hydrogen (secondary N) is 1. The van der Waals surface area contributed by atoms with E-state index >= 15 is 0 Å². The fourth-order valence-corrected chi connectivity index (χ4v) is 4.10. The Hall–Kier alpha value is -3.28. The number of pyridine rings is 1. The average Bonchev–Trinajstić information content (AvgIpc) is 3.34. The molecule has 176 valence electrons. The van der Waals surface area contributed by atoms with Crippen LogP contribution in [0.2, 0.25) is 0 Å². The molecule has 0 aromatic carbocycles. The van der Waals surface area contributed by atoms with Crippen LogP contribution in [0.5, 0.6) is 0 Å². The third kappa shape index (κ3) is 4.22. The fourth-order valence-electron chi connectivity index (χ4n) is 4.10. The molecule has 1 amide bonds. The summed E-state index contributed by atoms with van der Waals surface area (Å²) in [7, 11) is 0. The Kier molecular flexibility index (Phi) is 5.72. The van der Waals surface area contributed by atoms with Gasteiger partial charge in [-0.2, -0.15) is 18.3 Å². The molecule has 1 fully saturated rings. The average molecular weight is 466 g/mol. The molecule has 2 N–H and O–H groups in total. The van der Waals surface area contributed by atoms with Crippen molar-refractivity contribution in [1.82, 2.24) is 24.9 Å². The van der Waals surface area contributed by atoms with Crippen molar-refractivity contribution < 1.29 is 27.5 Å². The molecule has 3 atom stereocenters. The first-order valence-corrected chi connectivity index (χ1v) is 10.3. The van der Waals surface area contributed by atoms with Gasteiger partial charge >= 0.3 is 6.18 Å². The van der Waals surface area contributed by atoms with Crippen molar-refractivity contribution in [2.24, 2.45) is 0 Å². The van der Waals surface area contributed by atoms with Crippen molar-refractivity contribution in [2.45, 2.75) is 50.5 Å². The normalized spacial score (nSPS) is 22.0. The van der Waals surface area contributed by atoms with E-state index in [9.17, 15) is 27.5 Å². The molecule has 4 rings (SSSR count). The second-order valence-corrected chi connectivity index (χ2v) is 8.36. The van der Waals surface area contributed by atoms with Crippen LogP contribution in [0.25, 0.3) is 5.65 Å². The van der Waals surface area contributed by atoms with E-state index < -0.39 is 29.5 Å². The quantitative estimate of drug-likeness (QED) is 0.562. The molecular weight excluding hydrogens is 444 g/mol. The van der Waals surface area contributed by atoms with Crippen molar-refractivity contribution in [3.63, 3.8) is 0 Å². The lowest BCUT2D eigenvalue weighted by Crippen LogP contribution is -2.46. The molecule has 0 saturated carbocycles. The summed E-state index contributed by atoms with van der Waals surface area (Å²) in [6.07, 6.45) is 1.88. The van der Waals surface area contributed by atoms with Crippen LogP contribution in [-0.2, 0) is 0 Å². The molecule has 0 radical (unpaired) electrons. The lowest BCUT2D eigenvalue weighted by molar-refractivity contribution is -0.149. The largest absolute Gasteiger partial charge is 0.408 e. The highest BCUT2D eigenvalue weighted by Gasteiger charge is 2.44. The van der Waals surface area contributed by atoms with Gasteiger partial charge in [-0.15, -0.1) is 0 Å². The van der Waals surface area contributed by atoms with Gasteiger partial charge in [0, 0.05) is 12.4 Å². The van der Waals surface area contributed by atoms with E-state index in [-0.39, 0.29) is 23.9 Å². The maximum atomic E-state index is 13.8. The number of halogens is 4. The third-order valence-electron chi connectivity index (χ3n) is 5.99. The molecule has 8 nitrogen and oxygen atoms in total. The summed E-state index contributed by atoms with van der Waals surface area (Å²) in [4.78, 5) is 22.8. The smallest absolute Gasteiger partial charge is 0.394 e. The number of hydrogen-bond acceptors (Lipinski definition) is 6. The lowest BCUT2D eigenvalue weighted by Gasteiger charge is -2.38. The Labute approximate surface area is 186 Å². The van der Waals surface area contributed by atoms with Crippen LogP contribution in [0.1, 0.15) is 48.7 Å². The number of fused-ring (bicyclic) bond motifs is 1. The van der Waals surface area contributed by atoms with Crippen molar-refractivity contribution in [3.8, 4) is 0 Å². The highest BCUT2D eigenvalue weighted by atomic mass is 19.4. The van der Waals surface area contributed by atoms with E-state index in [0.29, 0.717) is 24.2 Å². The fraction of sp³-hybridized carbons (Fsp3) is 0.429. The molecule has 4 heterocycles. The SMILES string of the molecule is CC(NC(=O)c1cnn2ccc(N3C(c4cncc(F)c4)CCC3(C)CO)nc12)C(F)(F)F. The van der Waals surface area contributed by atoms with Gasteiger partial charge in [-0.25, -0.2) is 13.9 Å². The van der Waals surface area contributed by atoms with Crippen molar-refractivity contribution in [2.75, 3.05) is 11.5 Å². The second-order valence-electron chi connectivity index (χ2n) is 8.36. The Morgan fingerprint density at radius 2 is 2.12 bits per heavy atom. The number of aliphatic hydroxyl groups is 1. The molecule has 0 bridgehead atoms.